The molecule has 0 aliphatic rings. The Hall–Kier alpha value is -5.83. The number of anilines is 2. The highest BCUT2D eigenvalue weighted by Gasteiger charge is 2.19. The summed E-state index contributed by atoms with van der Waals surface area (Å²) in [5, 5.41) is 5.78. The Morgan fingerprint density at radius 2 is 1.67 bits per heavy atom. The lowest BCUT2D eigenvalue weighted by Crippen LogP contribution is -2.22. The normalized spacial score (nSPS) is 10.9. The summed E-state index contributed by atoms with van der Waals surface area (Å²) in [6, 6.07) is 30.2. The lowest BCUT2D eigenvalue weighted by molar-refractivity contribution is -0.114. The van der Waals surface area contributed by atoms with Gasteiger partial charge >= 0.3 is 0 Å². The Kier molecular flexibility index (Phi) is 7.13. The zero-order valence-electron chi connectivity index (χ0n) is 22.8. The Morgan fingerprint density at radius 3 is 2.43 bits per heavy atom. The van der Waals surface area contributed by atoms with Crippen LogP contribution in [-0.4, -0.2) is 31.3 Å². The van der Waals surface area contributed by atoms with Crippen LogP contribution in [0.15, 0.2) is 109 Å². The third kappa shape index (κ3) is 5.44. The Balaban J connectivity index is 1.36. The number of nitrogens with two attached hydrogens (primary N) is 1. The number of pyridine rings is 2. The number of carbonyl (C=O) groups excluding carboxylic acids is 2. The van der Waals surface area contributed by atoms with Gasteiger partial charge < -0.3 is 16.4 Å². The van der Waals surface area contributed by atoms with Crippen molar-refractivity contribution in [3.63, 3.8) is 0 Å². The second-order valence-corrected chi connectivity index (χ2v) is 9.75. The number of carbonyl (C=O) groups is 2. The molecule has 0 bridgehead atoms. The van der Waals surface area contributed by atoms with Gasteiger partial charge in [0, 0.05) is 48.4 Å². The van der Waals surface area contributed by atoms with Crippen LogP contribution in [0.4, 0.5) is 11.5 Å². The summed E-state index contributed by atoms with van der Waals surface area (Å²) in [5.74, 6) is 0.704. The van der Waals surface area contributed by atoms with Gasteiger partial charge in [0.05, 0.1) is 5.56 Å². The number of imidazole rings is 1. The van der Waals surface area contributed by atoms with Crippen molar-refractivity contribution in [1.29, 1.82) is 0 Å². The molecule has 0 spiro atoms. The molecular formula is C33H27N7O2. The molecule has 6 rings (SSSR count). The number of aromatic nitrogens is 4. The average molecular weight is 554 g/mol. The molecular weight excluding hydrogens is 526 g/mol. The van der Waals surface area contributed by atoms with Crippen molar-refractivity contribution < 1.29 is 9.59 Å². The van der Waals surface area contributed by atoms with Crippen LogP contribution in [0.2, 0.25) is 0 Å². The van der Waals surface area contributed by atoms with Crippen LogP contribution in [0.5, 0.6) is 0 Å². The molecule has 9 heteroatoms. The summed E-state index contributed by atoms with van der Waals surface area (Å²) in [4.78, 5) is 38.1. The zero-order chi connectivity index (χ0) is 29.1. The Bertz CT molecular complexity index is 1920. The van der Waals surface area contributed by atoms with Gasteiger partial charge in [0.25, 0.3) is 5.91 Å². The standard InChI is InChI=1S/C33H27N7O2/c1-21(41)38-26-10-5-9-24(17-26)25-18-29-32(36-20-25)40(31(39-29)28-11-6-16-35-30(28)34)27-14-12-22(13-15-27)19-37-33(42)23-7-3-2-4-8-23/h2-18,20H,19H2,1H3,(H2,34,35)(H,37,42)(H,38,41). The van der Waals surface area contributed by atoms with Gasteiger partial charge in [-0.15, -0.1) is 0 Å². The van der Waals surface area contributed by atoms with E-state index in [1.165, 1.54) is 6.92 Å². The van der Waals surface area contributed by atoms with Crippen molar-refractivity contribution in [2.45, 2.75) is 13.5 Å². The van der Waals surface area contributed by atoms with Crippen molar-refractivity contribution >= 4 is 34.5 Å². The first-order valence-corrected chi connectivity index (χ1v) is 13.4. The van der Waals surface area contributed by atoms with Crippen LogP contribution in [0, 0.1) is 0 Å². The van der Waals surface area contributed by atoms with E-state index >= 15 is 0 Å². The first kappa shape index (κ1) is 26.4. The van der Waals surface area contributed by atoms with Crippen LogP contribution in [-0.2, 0) is 11.3 Å². The molecule has 0 radical (unpaired) electrons. The minimum atomic E-state index is -0.136. The lowest BCUT2D eigenvalue weighted by Gasteiger charge is -2.12. The molecule has 0 saturated carbocycles. The summed E-state index contributed by atoms with van der Waals surface area (Å²) in [6.07, 6.45) is 3.43. The number of amides is 2. The predicted molar refractivity (Wildman–Crippen MR) is 164 cm³/mol. The van der Waals surface area contributed by atoms with Crippen LogP contribution < -0.4 is 16.4 Å². The third-order valence-electron chi connectivity index (χ3n) is 6.78. The van der Waals surface area contributed by atoms with Gasteiger partial charge in [-0.3, -0.25) is 14.2 Å². The number of nitrogen functional groups attached to an aromatic ring is 1. The fourth-order valence-corrected chi connectivity index (χ4v) is 4.77. The summed E-state index contributed by atoms with van der Waals surface area (Å²) in [6.45, 7) is 1.87. The molecule has 6 aromatic rings. The van der Waals surface area contributed by atoms with E-state index in [1.807, 2.05) is 89.5 Å². The zero-order valence-corrected chi connectivity index (χ0v) is 22.8. The van der Waals surface area contributed by atoms with Gasteiger partial charge in [0.2, 0.25) is 5.91 Å². The van der Waals surface area contributed by atoms with E-state index in [2.05, 4.69) is 15.6 Å². The number of nitrogens with zero attached hydrogens (tertiary/aromatic N) is 4. The fraction of sp³-hybridized carbons (Fsp3) is 0.0606. The van der Waals surface area contributed by atoms with E-state index in [1.54, 1.807) is 24.5 Å². The molecule has 3 aromatic carbocycles. The Labute approximate surface area is 242 Å². The molecule has 0 atom stereocenters. The number of hydrogen-bond donors (Lipinski definition) is 3. The maximum atomic E-state index is 12.5. The molecule has 9 nitrogen and oxygen atoms in total. The summed E-state index contributed by atoms with van der Waals surface area (Å²) in [7, 11) is 0. The van der Waals surface area contributed by atoms with Crippen molar-refractivity contribution in [3.05, 3.63) is 121 Å². The molecule has 206 valence electrons. The average Bonchev–Trinajstić information content (AvgIpc) is 3.39. The topological polar surface area (TPSA) is 128 Å². The summed E-state index contributed by atoms with van der Waals surface area (Å²) < 4.78 is 1.95. The monoisotopic (exact) mass is 553 g/mol. The largest absolute Gasteiger partial charge is 0.383 e. The predicted octanol–water partition coefficient (Wildman–Crippen LogP) is 5.62. The van der Waals surface area contributed by atoms with Crippen LogP contribution >= 0.6 is 0 Å². The van der Waals surface area contributed by atoms with Crippen LogP contribution in [0.1, 0.15) is 22.8 Å². The number of rotatable bonds is 7. The number of hydrogen-bond acceptors (Lipinski definition) is 6. The number of benzene rings is 3. The van der Waals surface area contributed by atoms with E-state index in [9.17, 15) is 9.59 Å². The van der Waals surface area contributed by atoms with Gasteiger partial charge in [-0.25, -0.2) is 15.0 Å². The highest BCUT2D eigenvalue weighted by molar-refractivity contribution is 5.94. The molecule has 0 saturated heterocycles. The van der Waals surface area contributed by atoms with Gasteiger partial charge in [-0.2, -0.15) is 0 Å². The Morgan fingerprint density at radius 1 is 0.857 bits per heavy atom. The van der Waals surface area contributed by atoms with E-state index in [-0.39, 0.29) is 11.8 Å². The lowest BCUT2D eigenvalue weighted by atomic mass is 10.1. The molecule has 42 heavy (non-hydrogen) atoms. The van der Waals surface area contributed by atoms with Gasteiger partial charge in [-0.05, 0) is 65.7 Å². The molecule has 3 heterocycles. The molecule has 0 aliphatic carbocycles. The maximum absolute atomic E-state index is 12.5. The first-order valence-electron chi connectivity index (χ1n) is 13.4. The molecule has 0 fully saturated rings. The highest BCUT2D eigenvalue weighted by atomic mass is 16.2. The van der Waals surface area contributed by atoms with Crippen molar-refractivity contribution in [1.82, 2.24) is 24.8 Å². The summed E-state index contributed by atoms with van der Waals surface area (Å²) in [5.41, 5.74) is 13.1. The van der Waals surface area contributed by atoms with Gasteiger partial charge in [0.15, 0.2) is 11.5 Å². The van der Waals surface area contributed by atoms with Gasteiger partial charge in [0.1, 0.15) is 11.3 Å². The van der Waals surface area contributed by atoms with E-state index < -0.39 is 0 Å². The summed E-state index contributed by atoms with van der Waals surface area (Å²) >= 11 is 0. The number of nitrogens with one attached hydrogen (secondary N) is 2. The minimum absolute atomic E-state index is 0.128. The third-order valence-corrected chi connectivity index (χ3v) is 6.78. The maximum Gasteiger partial charge on any atom is 0.251 e. The smallest absolute Gasteiger partial charge is 0.251 e. The minimum Gasteiger partial charge on any atom is -0.383 e. The molecule has 2 amide bonds. The van der Waals surface area contributed by atoms with Crippen LogP contribution in [0.25, 0.3) is 39.4 Å². The molecule has 0 aliphatic heterocycles. The van der Waals surface area contributed by atoms with E-state index in [0.717, 1.165) is 22.4 Å². The van der Waals surface area contributed by atoms with E-state index in [0.29, 0.717) is 46.2 Å². The first-order chi connectivity index (χ1) is 20.5. The SMILES string of the molecule is CC(=O)Nc1cccc(-c2cnc3c(c2)nc(-c2cccnc2N)n3-c2ccc(CNC(=O)c3ccccc3)cc2)c1. The van der Waals surface area contributed by atoms with Crippen LogP contribution in [0.3, 0.4) is 0 Å². The second-order valence-electron chi connectivity index (χ2n) is 9.75. The molecule has 3 aromatic heterocycles. The van der Waals surface area contributed by atoms with Gasteiger partial charge in [-0.1, -0.05) is 42.5 Å². The molecule has 0 unspecified atom stereocenters. The van der Waals surface area contributed by atoms with Crippen molar-refractivity contribution in [2.75, 3.05) is 11.1 Å². The van der Waals surface area contributed by atoms with E-state index in [4.69, 9.17) is 15.7 Å². The second kappa shape index (κ2) is 11.3. The molecule has 4 N–H and O–H groups in total. The van der Waals surface area contributed by atoms with Crippen molar-refractivity contribution in [2.24, 2.45) is 0 Å². The highest BCUT2D eigenvalue weighted by Crippen LogP contribution is 2.32. The van der Waals surface area contributed by atoms with Crippen molar-refractivity contribution in [3.8, 4) is 28.2 Å². The number of fused-ring (bicyclic) bond motifs is 1. The quantitative estimate of drug-likeness (QED) is 0.235. The fourth-order valence-electron chi connectivity index (χ4n) is 4.77.